The monoisotopic (exact) mass is 397 g/mol. The van der Waals surface area contributed by atoms with Crippen molar-refractivity contribution in [1.29, 1.82) is 0 Å². The standard InChI is InChI=1S/C23H27NO5/c1-15-18-10-12-29-21(18)19(22(28-2)20(15)25)13-17(23(26)27)9-5-3-4-7-16-8-6-11-24-14-16/h6,8,11,13-14,25H,3-5,7,9-10,12H2,1-2H3,(H,26,27)/b17-13+. The van der Waals surface area contributed by atoms with Gasteiger partial charge in [-0.2, -0.15) is 0 Å². The second-order valence-corrected chi connectivity index (χ2v) is 7.22. The molecule has 2 N–H and O–H groups in total. The van der Waals surface area contributed by atoms with E-state index < -0.39 is 5.97 Å². The number of hydrogen-bond donors (Lipinski definition) is 2. The van der Waals surface area contributed by atoms with Crippen LogP contribution < -0.4 is 9.47 Å². The van der Waals surface area contributed by atoms with E-state index in [4.69, 9.17) is 9.47 Å². The van der Waals surface area contributed by atoms with Crippen molar-refractivity contribution in [3.8, 4) is 17.2 Å². The Hall–Kier alpha value is -3.02. The van der Waals surface area contributed by atoms with Crippen molar-refractivity contribution in [2.24, 2.45) is 0 Å². The van der Waals surface area contributed by atoms with Crippen LogP contribution in [0.1, 0.15) is 47.9 Å². The maximum atomic E-state index is 11.8. The number of nitrogens with zero attached hydrogens (tertiary/aromatic N) is 1. The van der Waals surface area contributed by atoms with Crippen LogP contribution in [0.5, 0.6) is 17.2 Å². The van der Waals surface area contributed by atoms with Crippen LogP contribution in [0.15, 0.2) is 30.1 Å². The zero-order valence-corrected chi connectivity index (χ0v) is 16.9. The molecular formula is C23H27NO5. The van der Waals surface area contributed by atoms with Gasteiger partial charge in [-0.05, 0) is 50.3 Å². The van der Waals surface area contributed by atoms with Gasteiger partial charge in [-0.25, -0.2) is 4.79 Å². The minimum absolute atomic E-state index is 0.0456. The molecule has 2 heterocycles. The molecule has 0 amide bonds. The van der Waals surface area contributed by atoms with E-state index in [1.165, 1.54) is 12.7 Å². The van der Waals surface area contributed by atoms with E-state index in [-0.39, 0.29) is 17.1 Å². The highest BCUT2D eigenvalue weighted by molar-refractivity contribution is 5.94. The lowest BCUT2D eigenvalue weighted by Crippen LogP contribution is -2.02. The Kier molecular flexibility index (Phi) is 6.75. The molecule has 0 spiro atoms. The van der Waals surface area contributed by atoms with Crippen LogP contribution in [-0.4, -0.2) is 34.9 Å². The lowest BCUT2D eigenvalue weighted by atomic mass is 9.96. The largest absolute Gasteiger partial charge is 0.504 e. The number of methoxy groups -OCH3 is 1. The van der Waals surface area contributed by atoms with Crippen LogP contribution in [0.2, 0.25) is 0 Å². The van der Waals surface area contributed by atoms with E-state index in [0.29, 0.717) is 30.8 Å². The van der Waals surface area contributed by atoms with Crippen molar-refractivity contribution in [3.63, 3.8) is 0 Å². The molecule has 0 aliphatic carbocycles. The number of fused-ring (bicyclic) bond motifs is 1. The summed E-state index contributed by atoms with van der Waals surface area (Å²) < 4.78 is 11.1. The predicted octanol–water partition coefficient (Wildman–Crippen LogP) is 4.31. The van der Waals surface area contributed by atoms with E-state index in [1.54, 1.807) is 12.3 Å². The Morgan fingerprint density at radius 3 is 2.86 bits per heavy atom. The van der Waals surface area contributed by atoms with Gasteiger partial charge in [0.05, 0.1) is 19.3 Å². The van der Waals surface area contributed by atoms with E-state index in [2.05, 4.69) is 4.98 Å². The molecule has 1 aromatic carbocycles. The molecule has 0 radical (unpaired) electrons. The van der Waals surface area contributed by atoms with Gasteiger partial charge in [-0.15, -0.1) is 0 Å². The van der Waals surface area contributed by atoms with Gasteiger partial charge in [0.25, 0.3) is 0 Å². The number of ether oxygens (including phenoxy) is 2. The van der Waals surface area contributed by atoms with Crippen molar-refractivity contribution in [2.45, 2.75) is 45.4 Å². The molecular weight excluding hydrogens is 370 g/mol. The minimum atomic E-state index is -0.967. The predicted molar refractivity (Wildman–Crippen MR) is 111 cm³/mol. The Morgan fingerprint density at radius 2 is 2.17 bits per heavy atom. The van der Waals surface area contributed by atoms with Crippen molar-refractivity contribution in [1.82, 2.24) is 4.98 Å². The van der Waals surface area contributed by atoms with Crippen molar-refractivity contribution < 1.29 is 24.5 Å². The number of aromatic hydroxyl groups is 1. The zero-order valence-electron chi connectivity index (χ0n) is 16.9. The molecule has 2 aromatic rings. The minimum Gasteiger partial charge on any atom is -0.504 e. The van der Waals surface area contributed by atoms with Crippen molar-refractivity contribution >= 4 is 12.0 Å². The summed E-state index contributed by atoms with van der Waals surface area (Å²) in [5.41, 5.74) is 3.62. The van der Waals surface area contributed by atoms with Gasteiger partial charge in [-0.1, -0.05) is 12.5 Å². The molecule has 6 heteroatoms. The molecule has 0 bridgehead atoms. The zero-order chi connectivity index (χ0) is 20.8. The van der Waals surface area contributed by atoms with Crippen LogP contribution >= 0.6 is 0 Å². The quantitative estimate of drug-likeness (QED) is 0.484. The molecule has 29 heavy (non-hydrogen) atoms. The molecule has 154 valence electrons. The first-order chi connectivity index (χ1) is 14.0. The van der Waals surface area contributed by atoms with E-state index in [1.807, 2.05) is 25.3 Å². The fraction of sp³-hybridized carbons (Fsp3) is 0.391. The summed E-state index contributed by atoms with van der Waals surface area (Å²) >= 11 is 0. The van der Waals surface area contributed by atoms with E-state index >= 15 is 0 Å². The lowest BCUT2D eigenvalue weighted by molar-refractivity contribution is -0.132. The second kappa shape index (κ2) is 9.45. The van der Waals surface area contributed by atoms with Crippen molar-refractivity contribution in [3.05, 3.63) is 52.4 Å². The highest BCUT2D eigenvalue weighted by atomic mass is 16.5. The number of unbranched alkanes of at least 4 members (excludes halogenated alkanes) is 2. The molecule has 0 atom stereocenters. The topological polar surface area (TPSA) is 88.9 Å². The number of phenolic OH excluding ortho intramolecular Hbond substituents is 1. The second-order valence-electron chi connectivity index (χ2n) is 7.22. The summed E-state index contributed by atoms with van der Waals surface area (Å²) in [6.45, 7) is 2.33. The van der Waals surface area contributed by atoms with Crippen LogP contribution in [-0.2, 0) is 17.6 Å². The van der Waals surface area contributed by atoms with Gasteiger partial charge in [0, 0.05) is 35.5 Å². The molecule has 1 aromatic heterocycles. The number of aromatic nitrogens is 1. The van der Waals surface area contributed by atoms with Crippen molar-refractivity contribution in [2.75, 3.05) is 13.7 Å². The number of phenols is 1. The fourth-order valence-corrected chi connectivity index (χ4v) is 3.72. The van der Waals surface area contributed by atoms with Crippen LogP contribution in [0.25, 0.3) is 6.08 Å². The van der Waals surface area contributed by atoms with Gasteiger partial charge in [0.2, 0.25) is 0 Å². The molecule has 1 aliphatic heterocycles. The number of carboxylic acids is 1. The van der Waals surface area contributed by atoms with Gasteiger partial charge in [0.15, 0.2) is 11.5 Å². The third-order valence-electron chi connectivity index (χ3n) is 5.32. The molecule has 0 fully saturated rings. The summed E-state index contributed by atoms with van der Waals surface area (Å²) in [6, 6.07) is 3.97. The van der Waals surface area contributed by atoms with E-state index in [0.717, 1.165) is 36.8 Å². The first kappa shape index (κ1) is 20.7. The van der Waals surface area contributed by atoms with Crippen LogP contribution in [0.4, 0.5) is 0 Å². The average Bonchev–Trinajstić information content (AvgIpc) is 3.21. The molecule has 1 aliphatic rings. The first-order valence-corrected chi connectivity index (χ1v) is 9.90. The maximum Gasteiger partial charge on any atom is 0.331 e. The smallest absolute Gasteiger partial charge is 0.331 e. The highest BCUT2D eigenvalue weighted by Gasteiger charge is 2.26. The molecule has 0 saturated carbocycles. The summed E-state index contributed by atoms with van der Waals surface area (Å²) in [4.78, 5) is 15.9. The average molecular weight is 397 g/mol. The summed E-state index contributed by atoms with van der Waals surface area (Å²) in [7, 11) is 1.46. The number of aliphatic carboxylic acids is 1. The SMILES string of the molecule is COc1c(O)c(C)c2c(c1/C=C(\CCCCCc1cccnc1)C(=O)O)OCC2. The molecule has 0 saturated heterocycles. The Morgan fingerprint density at radius 1 is 1.34 bits per heavy atom. The number of benzene rings is 1. The first-order valence-electron chi connectivity index (χ1n) is 9.90. The lowest BCUT2D eigenvalue weighted by Gasteiger charge is -2.15. The maximum absolute atomic E-state index is 11.8. The van der Waals surface area contributed by atoms with Crippen LogP contribution in [0.3, 0.4) is 0 Å². The number of aryl methyl sites for hydroxylation is 1. The van der Waals surface area contributed by atoms with Crippen LogP contribution in [0, 0.1) is 6.92 Å². The number of rotatable bonds is 9. The van der Waals surface area contributed by atoms with Gasteiger partial charge >= 0.3 is 5.97 Å². The van der Waals surface area contributed by atoms with Gasteiger partial charge < -0.3 is 19.7 Å². The third kappa shape index (κ3) is 4.70. The number of carbonyl (C=O) groups is 1. The third-order valence-corrected chi connectivity index (χ3v) is 5.32. The fourth-order valence-electron chi connectivity index (χ4n) is 3.72. The number of pyridine rings is 1. The van der Waals surface area contributed by atoms with Gasteiger partial charge in [-0.3, -0.25) is 4.98 Å². The van der Waals surface area contributed by atoms with E-state index in [9.17, 15) is 15.0 Å². The number of hydrogen-bond acceptors (Lipinski definition) is 5. The Balaban J connectivity index is 1.73. The Labute approximate surface area is 170 Å². The Bertz CT molecular complexity index is 902. The van der Waals surface area contributed by atoms with Gasteiger partial charge in [0.1, 0.15) is 5.75 Å². The summed E-state index contributed by atoms with van der Waals surface area (Å²) in [5, 5.41) is 20.2. The number of carboxylic acid groups (broad SMARTS) is 1. The normalized spacial score (nSPS) is 13.1. The molecule has 3 rings (SSSR count). The molecule has 6 nitrogen and oxygen atoms in total. The summed E-state index contributed by atoms with van der Waals surface area (Å²) in [6.07, 6.45) is 9.93. The summed E-state index contributed by atoms with van der Waals surface area (Å²) in [5.74, 6) is -0.0405. The highest BCUT2D eigenvalue weighted by Crippen LogP contribution is 2.46. The molecule has 0 unspecified atom stereocenters.